The number of fused-ring (bicyclic) bond motifs is 1. The topological polar surface area (TPSA) is 61.4 Å². The fraction of sp³-hybridized carbons (Fsp3) is 0.357. The maximum absolute atomic E-state index is 12.8. The van der Waals surface area contributed by atoms with Crippen LogP contribution in [0.5, 0.6) is 0 Å². The highest BCUT2D eigenvalue weighted by Gasteiger charge is 2.28. The highest BCUT2D eigenvalue weighted by Crippen LogP contribution is 2.31. The van der Waals surface area contributed by atoms with Crippen molar-refractivity contribution in [2.75, 3.05) is 13.1 Å². The summed E-state index contributed by atoms with van der Waals surface area (Å²) < 4.78 is 0. The molecule has 0 bridgehead atoms. The summed E-state index contributed by atoms with van der Waals surface area (Å²) in [6.45, 7) is 6.65. The molecule has 4 rings (SSSR count). The molecule has 1 atom stereocenters. The van der Waals surface area contributed by atoms with Gasteiger partial charge in [0, 0.05) is 32.0 Å². The van der Waals surface area contributed by atoms with Crippen molar-refractivity contribution < 1.29 is 9.59 Å². The average Bonchev–Trinajstić information content (AvgIpc) is 2.85. The summed E-state index contributed by atoms with van der Waals surface area (Å²) in [6.07, 6.45) is 1.76. The molecular formula is C28H33N3O2. The summed E-state index contributed by atoms with van der Waals surface area (Å²) in [5.41, 5.74) is 3.44. The predicted octanol–water partition coefficient (Wildman–Crippen LogP) is 4.57. The maximum atomic E-state index is 12.8. The Kier molecular flexibility index (Phi) is 7.40. The van der Waals surface area contributed by atoms with Gasteiger partial charge in [0.1, 0.15) is 0 Å². The van der Waals surface area contributed by atoms with E-state index < -0.39 is 0 Å². The largest absolute Gasteiger partial charge is 0.352 e. The van der Waals surface area contributed by atoms with E-state index in [-0.39, 0.29) is 17.7 Å². The molecule has 2 N–H and O–H groups in total. The lowest BCUT2D eigenvalue weighted by Crippen LogP contribution is -2.41. The lowest BCUT2D eigenvalue weighted by Gasteiger charge is -2.36. The molecule has 0 aliphatic carbocycles. The highest BCUT2D eigenvalue weighted by atomic mass is 16.2. The number of hydrogen-bond acceptors (Lipinski definition) is 3. The van der Waals surface area contributed by atoms with Crippen LogP contribution >= 0.6 is 0 Å². The van der Waals surface area contributed by atoms with Crippen LogP contribution in [-0.2, 0) is 22.7 Å². The van der Waals surface area contributed by atoms with Crippen molar-refractivity contribution >= 4 is 22.6 Å². The first-order valence-electron chi connectivity index (χ1n) is 11.8. The molecule has 3 aromatic rings. The van der Waals surface area contributed by atoms with Crippen molar-refractivity contribution in [3.63, 3.8) is 0 Å². The lowest BCUT2D eigenvalue weighted by atomic mass is 9.92. The Balaban J connectivity index is 1.29. The van der Waals surface area contributed by atoms with Gasteiger partial charge in [0.05, 0.1) is 0 Å². The van der Waals surface area contributed by atoms with Crippen LogP contribution < -0.4 is 10.6 Å². The minimum absolute atomic E-state index is 0.0465. The van der Waals surface area contributed by atoms with E-state index in [0.717, 1.165) is 37.1 Å². The minimum atomic E-state index is -0.0465. The van der Waals surface area contributed by atoms with Crippen LogP contribution in [0.3, 0.4) is 0 Å². The summed E-state index contributed by atoms with van der Waals surface area (Å²) >= 11 is 0. The molecule has 1 heterocycles. The Bertz CT molecular complexity index is 1110. The van der Waals surface area contributed by atoms with Crippen LogP contribution in [0.1, 0.15) is 49.4 Å². The van der Waals surface area contributed by atoms with Gasteiger partial charge in [-0.1, -0.05) is 66.7 Å². The Morgan fingerprint density at radius 3 is 2.27 bits per heavy atom. The summed E-state index contributed by atoms with van der Waals surface area (Å²) in [7, 11) is 0. The lowest BCUT2D eigenvalue weighted by molar-refractivity contribution is -0.126. The molecule has 0 saturated carbocycles. The van der Waals surface area contributed by atoms with Gasteiger partial charge in [-0.25, -0.2) is 0 Å². The molecule has 5 nitrogen and oxygen atoms in total. The normalized spacial score (nSPS) is 15.8. The highest BCUT2D eigenvalue weighted by molar-refractivity contribution is 5.86. The fourth-order valence-electron chi connectivity index (χ4n) is 4.77. The molecule has 2 amide bonds. The monoisotopic (exact) mass is 443 g/mol. The Labute approximate surface area is 196 Å². The number of piperidine rings is 1. The van der Waals surface area contributed by atoms with Crippen LogP contribution in [-0.4, -0.2) is 29.8 Å². The zero-order valence-electron chi connectivity index (χ0n) is 19.5. The zero-order chi connectivity index (χ0) is 23.2. The Morgan fingerprint density at radius 1 is 0.909 bits per heavy atom. The van der Waals surface area contributed by atoms with Gasteiger partial charge in [-0.05, 0) is 60.3 Å². The van der Waals surface area contributed by atoms with Gasteiger partial charge in [0.25, 0.3) is 0 Å². The molecule has 1 aliphatic heterocycles. The Hall–Kier alpha value is -3.18. The third kappa shape index (κ3) is 5.79. The molecule has 0 radical (unpaired) electrons. The van der Waals surface area contributed by atoms with E-state index in [9.17, 15) is 9.59 Å². The van der Waals surface area contributed by atoms with Gasteiger partial charge in [0.15, 0.2) is 0 Å². The SMILES string of the molecule is CC(=O)NCc1cccc(CNC(=O)C2CCN([C@H](C)c3cccc4ccccc34)CC2)c1. The summed E-state index contributed by atoms with van der Waals surface area (Å²) in [5.74, 6) is 0.151. The number of hydrogen-bond donors (Lipinski definition) is 2. The van der Waals surface area contributed by atoms with Gasteiger partial charge >= 0.3 is 0 Å². The van der Waals surface area contributed by atoms with Gasteiger partial charge in [0.2, 0.25) is 11.8 Å². The minimum Gasteiger partial charge on any atom is -0.352 e. The number of nitrogens with zero attached hydrogens (tertiary/aromatic N) is 1. The van der Waals surface area contributed by atoms with Crippen LogP contribution in [0.2, 0.25) is 0 Å². The van der Waals surface area contributed by atoms with Crippen molar-refractivity contribution in [1.29, 1.82) is 0 Å². The first-order chi connectivity index (χ1) is 16.0. The van der Waals surface area contributed by atoms with Crippen LogP contribution in [0.15, 0.2) is 66.7 Å². The quantitative estimate of drug-likeness (QED) is 0.563. The fourth-order valence-corrected chi connectivity index (χ4v) is 4.77. The number of benzene rings is 3. The Morgan fingerprint density at radius 2 is 1.55 bits per heavy atom. The van der Waals surface area contributed by atoms with E-state index in [2.05, 4.69) is 64.9 Å². The standard InChI is InChI=1S/C28H33N3O2/c1-20(26-12-6-10-24-9-3-4-11-27(24)26)31-15-13-25(14-16-31)28(33)30-19-23-8-5-7-22(17-23)18-29-21(2)32/h3-12,17,20,25H,13-16,18-19H2,1-2H3,(H,29,32)(H,30,33)/t20-/m1/s1. The van der Waals surface area contributed by atoms with Crippen LogP contribution in [0.4, 0.5) is 0 Å². The van der Waals surface area contributed by atoms with E-state index in [1.807, 2.05) is 24.3 Å². The molecular weight excluding hydrogens is 410 g/mol. The molecule has 1 fully saturated rings. The van der Waals surface area contributed by atoms with Crippen LogP contribution in [0, 0.1) is 5.92 Å². The summed E-state index contributed by atoms with van der Waals surface area (Å²) in [6, 6.07) is 23.4. The van der Waals surface area contributed by atoms with E-state index in [1.54, 1.807) is 0 Å². The van der Waals surface area contributed by atoms with E-state index >= 15 is 0 Å². The smallest absolute Gasteiger partial charge is 0.223 e. The molecule has 1 saturated heterocycles. The molecule has 172 valence electrons. The molecule has 1 aliphatic rings. The van der Waals surface area contributed by atoms with Crippen molar-refractivity contribution in [2.45, 2.75) is 45.8 Å². The average molecular weight is 444 g/mol. The van der Waals surface area contributed by atoms with Crippen molar-refractivity contribution in [2.24, 2.45) is 5.92 Å². The van der Waals surface area contributed by atoms with Gasteiger partial charge < -0.3 is 10.6 Å². The van der Waals surface area contributed by atoms with Crippen molar-refractivity contribution in [1.82, 2.24) is 15.5 Å². The van der Waals surface area contributed by atoms with Crippen molar-refractivity contribution in [3.8, 4) is 0 Å². The number of carbonyl (C=O) groups is 2. The number of amides is 2. The zero-order valence-corrected chi connectivity index (χ0v) is 19.5. The molecule has 5 heteroatoms. The molecule has 3 aromatic carbocycles. The number of nitrogens with one attached hydrogen (secondary N) is 2. The van der Waals surface area contributed by atoms with Gasteiger partial charge in [-0.2, -0.15) is 0 Å². The van der Waals surface area contributed by atoms with E-state index in [1.165, 1.54) is 23.3 Å². The van der Waals surface area contributed by atoms with Crippen LogP contribution in [0.25, 0.3) is 10.8 Å². The molecule has 33 heavy (non-hydrogen) atoms. The van der Waals surface area contributed by atoms with E-state index in [0.29, 0.717) is 19.1 Å². The summed E-state index contributed by atoms with van der Waals surface area (Å²) in [5, 5.41) is 8.51. The van der Waals surface area contributed by atoms with Gasteiger partial charge in [-0.3, -0.25) is 14.5 Å². The third-order valence-electron chi connectivity index (χ3n) is 6.72. The first-order valence-corrected chi connectivity index (χ1v) is 11.8. The first kappa shape index (κ1) is 23.0. The molecule has 0 aromatic heterocycles. The second kappa shape index (κ2) is 10.6. The third-order valence-corrected chi connectivity index (χ3v) is 6.72. The van der Waals surface area contributed by atoms with Gasteiger partial charge in [-0.15, -0.1) is 0 Å². The van der Waals surface area contributed by atoms with Crippen molar-refractivity contribution in [3.05, 3.63) is 83.4 Å². The number of rotatable bonds is 7. The van der Waals surface area contributed by atoms with E-state index in [4.69, 9.17) is 0 Å². The molecule has 0 spiro atoms. The predicted molar refractivity (Wildman–Crippen MR) is 132 cm³/mol. The number of likely N-dealkylation sites (tertiary alicyclic amines) is 1. The number of carbonyl (C=O) groups excluding carboxylic acids is 2. The summed E-state index contributed by atoms with van der Waals surface area (Å²) in [4.78, 5) is 26.4. The maximum Gasteiger partial charge on any atom is 0.223 e. The second-order valence-electron chi connectivity index (χ2n) is 9.00. The molecule has 0 unspecified atom stereocenters. The second-order valence-corrected chi connectivity index (χ2v) is 9.00.